The van der Waals surface area contributed by atoms with Crippen molar-refractivity contribution < 1.29 is 4.79 Å². The van der Waals surface area contributed by atoms with E-state index in [1.54, 1.807) is 6.33 Å². The second-order valence-corrected chi connectivity index (χ2v) is 4.58. The van der Waals surface area contributed by atoms with Gasteiger partial charge in [0.15, 0.2) is 6.29 Å². The van der Waals surface area contributed by atoms with Crippen LogP contribution in [0.3, 0.4) is 0 Å². The fourth-order valence-electron chi connectivity index (χ4n) is 2.24. The van der Waals surface area contributed by atoms with Crippen molar-refractivity contribution in [2.75, 3.05) is 0 Å². The summed E-state index contributed by atoms with van der Waals surface area (Å²) in [5.74, 6) is 0. The highest BCUT2D eigenvalue weighted by atomic mass is 16.1. The van der Waals surface area contributed by atoms with Crippen molar-refractivity contribution in [3.63, 3.8) is 0 Å². The molecule has 1 heterocycles. The Morgan fingerprint density at radius 2 is 1.60 bits per heavy atom. The van der Waals surface area contributed by atoms with Gasteiger partial charge >= 0.3 is 0 Å². The molecule has 2 aromatic carbocycles. The van der Waals surface area contributed by atoms with Crippen LogP contribution in [0.25, 0.3) is 11.3 Å². The molecule has 0 aliphatic carbocycles. The zero-order valence-corrected chi connectivity index (χ0v) is 10.9. The van der Waals surface area contributed by atoms with E-state index in [1.807, 2.05) is 65.2 Å². The highest BCUT2D eigenvalue weighted by Gasteiger charge is 2.11. The summed E-state index contributed by atoms with van der Waals surface area (Å²) in [6.45, 7) is 0.648. The number of aldehydes is 1. The van der Waals surface area contributed by atoms with Gasteiger partial charge in [-0.3, -0.25) is 4.79 Å². The number of hydrogen-bond acceptors (Lipinski definition) is 2. The Morgan fingerprint density at radius 3 is 2.25 bits per heavy atom. The fourth-order valence-corrected chi connectivity index (χ4v) is 2.24. The van der Waals surface area contributed by atoms with Gasteiger partial charge in [0.05, 0.1) is 12.0 Å². The molecule has 0 atom stereocenters. The number of rotatable bonds is 4. The van der Waals surface area contributed by atoms with Crippen LogP contribution in [0.5, 0.6) is 0 Å². The first-order chi connectivity index (χ1) is 9.88. The number of hydrogen-bond donors (Lipinski definition) is 0. The summed E-state index contributed by atoms with van der Waals surface area (Å²) < 4.78 is 1.88. The number of nitrogens with zero attached hydrogens (tertiary/aromatic N) is 2. The van der Waals surface area contributed by atoms with Gasteiger partial charge < -0.3 is 4.57 Å². The molecule has 0 aliphatic heterocycles. The SMILES string of the molecule is O=Cc1c(-c2ccccc2)ncn1Cc1ccccc1. The summed E-state index contributed by atoms with van der Waals surface area (Å²) in [4.78, 5) is 15.8. The largest absolute Gasteiger partial charge is 0.323 e. The maximum Gasteiger partial charge on any atom is 0.168 e. The molecule has 0 amide bonds. The van der Waals surface area contributed by atoms with Gasteiger partial charge in [-0.05, 0) is 5.56 Å². The van der Waals surface area contributed by atoms with Crippen molar-refractivity contribution in [2.45, 2.75) is 6.54 Å². The molecule has 3 heteroatoms. The zero-order valence-electron chi connectivity index (χ0n) is 10.9. The van der Waals surface area contributed by atoms with Crippen LogP contribution in [0.2, 0.25) is 0 Å². The average Bonchev–Trinajstić information content (AvgIpc) is 2.92. The van der Waals surface area contributed by atoms with Crippen LogP contribution in [0.1, 0.15) is 16.1 Å². The monoisotopic (exact) mass is 262 g/mol. The van der Waals surface area contributed by atoms with E-state index in [1.165, 1.54) is 0 Å². The van der Waals surface area contributed by atoms with Crippen molar-refractivity contribution in [2.24, 2.45) is 0 Å². The molecule has 0 radical (unpaired) electrons. The molecule has 0 N–H and O–H groups in total. The van der Waals surface area contributed by atoms with Gasteiger partial charge in [-0.25, -0.2) is 4.98 Å². The maximum atomic E-state index is 11.4. The molecule has 0 unspecified atom stereocenters. The third-order valence-corrected chi connectivity index (χ3v) is 3.23. The second kappa shape index (κ2) is 5.53. The number of carbonyl (C=O) groups excluding carboxylic acids is 1. The number of carbonyl (C=O) groups is 1. The predicted octanol–water partition coefficient (Wildman–Crippen LogP) is 3.41. The van der Waals surface area contributed by atoms with Gasteiger partial charge in [-0.1, -0.05) is 60.7 Å². The molecule has 1 aromatic heterocycles. The van der Waals surface area contributed by atoms with E-state index >= 15 is 0 Å². The first kappa shape index (κ1) is 12.4. The normalized spacial score (nSPS) is 10.4. The first-order valence-electron chi connectivity index (χ1n) is 6.48. The predicted molar refractivity (Wildman–Crippen MR) is 78.6 cm³/mol. The van der Waals surface area contributed by atoms with Crippen LogP contribution < -0.4 is 0 Å². The lowest BCUT2D eigenvalue weighted by molar-refractivity contribution is 0.111. The van der Waals surface area contributed by atoms with Gasteiger partial charge in [0.25, 0.3) is 0 Å². The summed E-state index contributed by atoms with van der Waals surface area (Å²) in [6.07, 6.45) is 2.59. The maximum absolute atomic E-state index is 11.4. The van der Waals surface area contributed by atoms with Crippen molar-refractivity contribution >= 4 is 6.29 Å². The van der Waals surface area contributed by atoms with Crippen molar-refractivity contribution in [3.05, 3.63) is 78.2 Å². The van der Waals surface area contributed by atoms with Gasteiger partial charge in [-0.15, -0.1) is 0 Å². The van der Waals surface area contributed by atoms with E-state index in [0.29, 0.717) is 12.2 Å². The van der Waals surface area contributed by atoms with E-state index in [-0.39, 0.29) is 0 Å². The summed E-state index contributed by atoms with van der Waals surface area (Å²) in [6, 6.07) is 19.8. The molecule has 0 saturated heterocycles. The molecular weight excluding hydrogens is 248 g/mol. The highest BCUT2D eigenvalue weighted by Crippen LogP contribution is 2.21. The van der Waals surface area contributed by atoms with Crippen LogP contribution in [-0.2, 0) is 6.54 Å². The second-order valence-electron chi connectivity index (χ2n) is 4.58. The molecule has 0 saturated carbocycles. The smallest absolute Gasteiger partial charge is 0.168 e. The lowest BCUT2D eigenvalue weighted by atomic mass is 10.1. The summed E-state index contributed by atoms with van der Waals surface area (Å²) in [5.41, 5.74) is 3.45. The third kappa shape index (κ3) is 2.38. The molecule has 3 nitrogen and oxygen atoms in total. The molecule has 3 rings (SSSR count). The third-order valence-electron chi connectivity index (χ3n) is 3.23. The Morgan fingerprint density at radius 1 is 0.950 bits per heavy atom. The van der Waals surface area contributed by atoms with Crippen molar-refractivity contribution in [1.82, 2.24) is 9.55 Å². The number of benzene rings is 2. The Labute approximate surface area is 117 Å². The number of imidazole rings is 1. The molecule has 0 spiro atoms. The van der Waals surface area contributed by atoms with Crippen LogP contribution in [-0.4, -0.2) is 15.8 Å². The Kier molecular flexibility index (Phi) is 3.42. The van der Waals surface area contributed by atoms with Crippen molar-refractivity contribution in [1.29, 1.82) is 0 Å². The van der Waals surface area contributed by atoms with Gasteiger partial charge in [0, 0.05) is 12.1 Å². The molecule has 0 aliphatic rings. The van der Waals surface area contributed by atoms with Crippen LogP contribution >= 0.6 is 0 Å². The average molecular weight is 262 g/mol. The molecule has 98 valence electrons. The molecule has 0 fully saturated rings. The minimum atomic E-state index is 0.611. The summed E-state index contributed by atoms with van der Waals surface area (Å²) >= 11 is 0. The van der Waals surface area contributed by atoms with Gasteiger partial charge in [0.2, 0.25) is 0 Å². The molecule has 3 aromatic rings. The van der Waals surface area contributed by atoms with E-state index in [4.69, 9.17) is 0 Å². The zero-order chi connectivity index (χ0) is 13.8. The minimum absolute atomic E-state index is 0.611. The van der Waals surface area contributed by atoms with E-state index in [0.717, 1.165) is 23.1 Å². The van der Waals surface area contributed by atoms with Crippen LogP contribution in [0.15, 0.2) is 67.0 Å². The Hall–Kier alpha value is -2.68. The Balaban J connectivity index is 1.98. The van der Waals surface area contributed by atoms with E-state index < -0.39 is 0 Å². The fraction of sp³-hybridized carbons (Fsp3) is 0.0588. The Bertz CT molecular complexity index is 702. The van der Waals surface area contributed by atoms with E-state index in [9.17, 15) is 4.79 Å². The lowest BCUT2D eigenvalue weighted by Gasteiger charge is -2.05. The first-order valence-corrected chi connectivity index (χ1v) is 6.48. The van der Waals surface area contributed by atoms with Gasteiger partial charge in [-0.2, -0.15) is 0 Å². The molecule has 20 heavy (non-hydrogen) atoms. The molecular formula is C17H14N2O. The highest BCUT2D eigenvalue weighted by molar-refractivity contribution is 5.83. The van der Waals surface area contributed by atoms with E-state index in [2.05, 4.69) is 4.98 Å². The summed E-state index contributed by atoms with van der Waals surface area (Å²) in [7, 11) is 0. The van der Waals surface area contributed by atoms with Crippen molar-refractivity contribution in [3.8, 4) is 11.3 Å². The minimum Gasteiger partial charge on any atom is -0.323 e. The van der Waals surface area contributed by atoms with Gasteiger partial charge in [0.1, 0.15) is 5.69 Å². The number of aromatic nitrogens is 2. The van der Waals surface area contributed by atoms with Crippen LogP contribution in [0, 0.1) is 0 Å². The summed E-state index contributed by atoms with van der Waals surface area (Å²) in [5, 5.41) is 0. The topological polar surface area (TPSA) is 34.9 Å². The van der Waals surface area contributed by atoms with Crippen LogP contribution in [0.4, 0.5) is 0 Å². The molecule has 0 bridgehead atoms. The quantitative estimate of drug-likeness (QED) is 0.675. The standard InChI is InChI=1S/C17H14N2O/c20-12-16-17(15-9-5-2-6-10-15)18-13-19(16)11-14-7-3-1-4-8-14/h1-10,12-13H,11H2. The lowest BCUT2D eigenvalue weighted by Crippen LogP contribution is -2.03.